The van der Waals surface area contributed by atoms with E-state index in [9.17, 15) is 4.79 Å². The maximum Gasteiger partial charge on any atom is 0.255 e. The number of aryl methyl sites for hydroxylation is 1. The number of benzene rings is 2. The minimum atomic E-state index is -0.207. The lowest BCUT2D eigenvalue weighted by molar-refractivity contribution is 0.102. The zero-order chi connectivity index (χ0) is 16.2. The molecule has 0 unspecified atom stereocenters. The van der Waals surface area contributed by atoms with Gasteiger partial charge in [0.1, 0.15) is 0 Å². The van der Waals surface area contributed by atoms with Gasteiger partial charge in [0.05, 0.1) is 0 Å². The smallest absolute Gasteiger partial charge is 0.255 e. The van der Waals surface area contributed by atoms with Crippen LogP contribution >= 0.6 is 11.6 Å². The molecule has 2 aromatic carbocycles. The fraction of sp³-hybridized carbons (Fsp3) is 0.118. The number of amides is 1. The molecular weight excluding hydrogens is 314 g/mol. The Morgan fingerprint density at radius 2 is 2.00 bits per heavy atom. The summed E-state index contributed by atoms with van der Waals surface area (Å²) in [5.74, 6) is 0.876. The van der Waals surface area contributed by atoms with Gasteiger partial charge < -0.3 is 9.84 Å². The van der Waals surface area contributed by atoms with Crippen LogP contribution in [0.2, 0.25) is 5.02 Å². The predicted molar refractivity (Wildman–Crippen MR) is 88.5 cm³/mol. The van der Waals surface area contributed by atoms with Crippen molar-refractivity contribution in [3.63, 3.8) is 0 Å². The minimum absolute atomic E-state index is 0.207. The van der Waals surface area contributed by atoms with Gasteiger partial charge in [0, 0.05) is 28.3 Å². The van der Waals surface area contributed by atoms with Crippen molar-refractivity contribution < 1.29 is 9.32 Å². The Morgan fingerprint density at radius 1 is 1.22 bits per heavy atom. The third-order valence-corrected chi connectivity index (χ3v) is 3.51. The molecule has 1 amide bonds. The van der Waals surface area contributed by atoms with E-state index in [-0.39, 0.29) is 5.91 Å². The number of nitrogens with zero attached hydrogens (tertiary/aromatic N) is 2. The minimum Gasteiger partial charge on any atom is -0.339 e. The number of nitrogens with one attached hydrogen (secondary N) is 1. The molecule has 0 aliphatic heterocycles. The van der Waals surface area contributed by atoms with E-state index in [0.29, 0.717) is 34.4 Å². The first-order valence-corrected chi connectivity index (χ1v) is 7.53. The van der Waals surface area contributed by atoms with E-state index in [1.807, 2.05) is 19.1 Å². The topological polar surface area (TPSA) is 68.0 Å². The normalized spacial score (nSPS) is 10.5. The highest BCUT2D eigenvalue weighted by molar-refractivity contribution is 6.30. The van der Waals surface area contributed by atoms with E-state index in [1.54, 1.807) is 36.4 Å². The first-order chi connectivity index (χ1) is 11.2. The number of hydrogen-bond donors (Lipinski definition) is 1. The van der Waals surface area contributed by atoms with Gasteiger partial charge in [-0.25, -0.2) is 0 Å². The zero-order valence-electron chi connectivity index (χ0n) is 12.4. The van der Waals surface area contributed by atoms with Crippen molar-refractivity contribution in [2.45, 2.75) is 13.3 Å². The van der Waals surface area contributed by atoms with Crippen LogP contribution in [0, 0.1) is 0 Å². The maximum absolute atomic E-state index is 12.2. The summed E-state index contributed by atoms with van der Waals surface area (Å²) in [6.07, 6.45) is 0.681. The quantitative estimate of drug-likeness (QED) is 0.779. The summed E-state index contributed by atoms with van der Waals surface area (Å²) >= 11 is 5.82. The van der Waals surface area contributed by atoms with Crippen molar-refractivity contribution in [1.82, 2.24) is 10.1 Å². The van der Waals surface area contributed by atoms with E-state index in [1.165, 1.54) is 0 Å². The number of hydrogen-bond acceptors (Lipinski definition) is 4. The molecule has 6 heteroatoms. The van der Waals surface area contributed by atoms with Gasteiger partial charge >= 0.3 is 0 Å². The molecule has 1 N–H and O–H groups in total. The Labute approximate surface area is 138 Å². The second-order valence-electron chi connectivity index (χ2n) is 4.91. The van der Waals surface area contributed by atoms with Gasteiger partial charge in [-0.3, -0.25) is 4.79 Å². The molecule has 3 aromatic rings. The first kappa shape index (κ1) is 15.2. The van der Waals surface area contributed by atoms with E-state index in [4.69, 9.17) is 16.1 Å². The average molecular weight is 328 g/mol. The largest absolute Gasteiger partial charge is 0.339 e. The molecule has 3 rings (SSSR count). The van der Waals surface area contributed by atoms with Gasteiger partial charge in [-0.05, 0) is 36.4 Å². The molecule has 1 heterocycles. The summed E-state index contributed by atoms with van der Waals surface area (Å²) in [6, 6.07) is 14.0. The Balaban J connectivity index is 1.79. The zero-order valence-corrected chi connectivity index (χ0v) is 13.2. The van der Waals surface area contributed by atoms with Crippen LogP contribution in [-0.2, 0) is 6.42 Å². The molecule has 0 aliphatic carbocycles. The lowest BCUT2D eigenvalue weighted by Crippen LogP contribution is -2.11. The fourth-order valence-corrected chi connectivity index (χ4v) is 2.18. The van der Waals surface area contributed by atoms with Crippen molar-refractivity contribution in [2.75, 3.05) is 5.32 Å². The van der Waals surface area contributed by atoms with Crippen LogP contribution < -0.4 is 5.32 Å². The predicted octanol–water partition coefficient (Wildman–Crippen LogP) is 4.20. The Morgan fingerprint density at radius 3 is 2.70 bits per heavy atom. The van der Waals surface area contributed by atoms with Crippen molar-refractivity contribution in [2.24, 2.45) is 0 Å². The second-order valence-corrected chi connectivity index (χ2v) is 5.34. The molecule has 0 fully saturated rings. The van der Waals surface area contributed by atoms with Gasteiger partial charge in [0.25, 0.3) is 5.91 Å². The summed E-state index contributed by atoms with van der Waals surface area (Å²) in [6.45, 7) is 1.94. The Bertz CT molecular complexity index is 828. The van der Waals surface area contributed by atoms with Crippen molar-refractivity contribution >= 4 is 23.2 Å². The van der Waals surface area contributed by atoms with Crippen molar-refractivity contribution in [3.8, 4) is 11.4 Å². The molecule has 1 aromatic heterocycles. The standard InChI is InChI=1S/C17H14ClN3O2/c1-2-15-20-16(21-23-15)12-4-3-5-14(10-12)19-17(22)11-6-8-13(18)9-7-11/h3-10H,2H2,1H3,(H,19,22). The molecular formula is C17H14ClN3O2. The van der Waals surface area contributed by atoms with Gasteiger partial charge in [-0.1, -0.05) is 35.8 Å². The SMILES string of the molecule is CCc1nc(-c2cccc(NC(=O)c3ccc(Cl)cc3)c2)no1. The van der Waals surface area contributed by atoms with Gasteiger partial charge in [-0.15, -0.1) is 0 Å². The lowest BCUT2D eigenvalue weighted by Gasteiger charge is -2.06. The van der Waals surface area contributed by atoms with Crippen molar-refractivity contribution in [1.29, 1.82) is 0 Å². The summed E-state index contributed by atoms with van der Waals surface area (Å²) in [4.78, 5) is 16.5. The molecule has 0 radical (unpaired) electrons. The summed E-state index contributed by atoms with van der Waals surface area (Å²) < 4.78 is 5.11. The van der Waals surface area contributed by atoms with Gasteiger partial charge in [-0.2, -0.15) is 4.98 Å². The highest BCUT2D eigenvalue weighted by atomic mass is 35.5. The monoisotopic (exact) mass is 327 g/mol. The van der Waals surface area contributed by atoms with Crippen LogP contribution in [-0.4, -0.2) is 16.0 Å². The van der Waals surface area contributed by atoms with E-state index < -0.39 is 0 Å². The van der Waals surface area contributed by atoms with E-state index >= 15 is 0 Å². The molecule has 0 aliphatic rings. The molecule has 0 atom stereocenters. The molecule has 5 nitrogen and oxygen atoms in total. The summed E-state index contributed by atoms with van der Waals surface area (Å²) in [7, 11) is 0. The number of halogens is 1. The average Bonchev–Trinajstić information content (AvgIpc) is 3.05. The molecule has 0 bridgehead atoms. The van der Waals surface area contributed by atoms with E-state index in [2.05, 4.69) is 15.5 Å². The van der Waals surface area contributed by atoms with Crippen LogP contribution in [0.15, 0.2) is 53.1 Å². The number of carbonyl (C=O) groups excluding carboxylic acids is 1. The molecule has 116 valence electrons. The molecule has 0 saturated heterocycles. The number of rotatable bonds is 4. The number of anilines is 1. The molecule has 0 spiro atoms. The summed E-state index contributed by atoms with van der Waals surface area (Å²) in [5, 5.41) is 7.36. The second kappa shape index (κ2) is 6.62. The van der Waals surface area contributed by atoms with Crippen LogP contribution in [0.3, 0.4) is 0 Å². The third kappa shape index (κ3) is 3.57. The van der Waals surface area contributed by atoms with E-state index in [0.717, 1.165) is 5.56 Å². The van der Waals surface area contributed by atoms with Crippen LogP contribution in [0.5, 0.6) is 0 Å². The highest BCUT2D eigenvalue weighted by Gasteiger charge is 2.10. The van der Waals surface area contributed by atoms with Crippen LogP contribution in [0.1, 0.15) is 23.2 Å². The fourth-order valence-electron chi connectivity index (χ4n) is 2.06. The molecule has 23 heavy (non-hydrogen) atoms. The Kier molecular flexibility index (Phi) is 4.39. The molecule has 0 saturated carbocycles. The van der Waals surface area contributed by atoms with Crippen LogP contribution in [0.4, 0.5) is 5.69 Å². The van der Waals surface area contributed by atoms with Crippen molar-refractivity contribution in [3.05, 3.63) is 65.0 Å². The first-order valence-electron chi connectivity index (χ1n) is 7.15. The Hall–Kier alpha value is -2.66. The maximum atomic E-state index is 12.2. The number of aromatic nitrogens is 2. The third-order valence-electron chi connectivity index (χ3n) is 3.26. The lowest BCUT2D eigenvalue weighted by atomic mass is 10.1. The van der Waals surface area contributed by atoms with Gasteiger partial charge in [0.2, 0.25) is 11.7 Å². The summed E-state index contributed by atoms with van der Waals surface area (Å²) in [5.41, 5.74) is 1.97. The van der Waals surface area contributed by atoms with Crippen LogP contribution in [0.25, 0.3) is 11.4 Å². The van der Waals surface area contributed by atoms with Gasteiger partial charge in [0.15, 0.2) is 0 Å². The highest BCUT2D eigenvalue weighted by Crippen LogP contribution is 2.21. The number of carbonyl (C=O) groups is 1.